The lowest BCUT2D eigenvalue weighted by molar-refractivity contribution is 0.195. The van der Waals surface area contributed by atoms with Crippen LogP contribution in [0.25, 0.3) is 0 Å². The zero-order valence-electron chi connectivity index (χ0n) is 8.57. The fourth-order valence-corrected chi connectivity index (χ4v) is 1.16. The van der Waals surface area contributed by atoms with E-state index in [9.17, 15) is 4.39 Å². The van der Waals surface area contributed by atoms with Crippen LogP contribution in [-0.2, 0) is 0 Å². The predicted molar refractivity (Wildman–Crippen MR) is 51.9 cm³/mol. The second-order valence-electron chi connectivity index (χ2n) is 4.13. The maximum Gasteiger partial charge on any atom is 0.105 e. The third-order valence-electron chi connectivity index (χ3n) is 2.12. The fraction of sp³-hybridized carbons (Fsp3) is 1.00. The Balaban J connectivity index is 3.22. The van der Waals surface area contributed by atoms with Gasteiger partial charge in [0, 0.05) is 6.04 Å². The van der Waals surface area contributed by atoms with Crippen molar-refractivity contribution < 1.29 is 4.39 Å². The minimum absolute atomic E-state index is 0.313. The van der Waals surface area contributed by atoms with Crippen molar-refractivity contribution in [3.8, 4) is 0 Å². The van der Waals surface area contributed by atoms with Crippen LogP contribution < -0.4 is 5.73 Å². The first-order valence-corrected chi connectivity index (χ1v) is 4.90. The Bertz CT molecular complexity index is 107. The van der Waals surface area contributed by atoms with Crippen molar-refractivity contribution in [1.82, 2.24) is 0 Å². The quantitative estimate of drug-likeness (QED) is 0.617. The molecule has 0 bridgehead atoms. The Morgan fingerprint density at radius 1 is 1.33 bits per heavy atom. The summed E-state index contributed by atoms with van der Waals surface area (Å²) in [7, 11) is 0. The molecule has 0 aliphatic carbocycles. The lowest BCUT2D eigenvalue weighted by Crippen LogP contribution is -2.18. The molecule has 1 unspecified atom stereocenters. The van der Waals surface area contributed by atoms with E-state index in [2.05, 4.69) is 6.92 Å². The summed E-state index contributed by atoms with van der Waals surface area (Å²) < 4.78 is 13.0. The van der Waals surface area contributed by atoms with Crippen LogP contribution in [0.5, 0.6) is 0 Å². The van der Waals surface area contributed by atoms with Gasteiger partial charge in [0.1, 0.15) is 5.67 Å². The van der Waals surface area contributed by atoms with Gasteiger partial charge in [0.05, 0.1) is 0 Å². The summed E-state index contributed by atoms with van der Waals surface area (Å²) in [5.74, 6) is 0. The molecule has 0 radical (unpaired) electrons. The van der Waals surface area contributed by atoms with Crippen molar-refractivity contribution in [2.24, 2.45) is 5.73 Å². The van der Waals surface area contributed by atoms with Crippen LogP contribution in [0.1, 0.15) is 52.9 Å². The van der Waals surface area contributed by atoms with Crippen molar-refractivity contribution in [2.45, 2.75) is 64.6 Å². The third kappa shape index (κ3) is 7.99. The van der Waals surface area contributed by atoms with Gasteiger partial charge in [-0.3, -0.25) is 0 Å². The minimum Gasteiger partial charge on any atom is -0.328 e. The van der Waals surface area contributed by atoms with E-state index < -0.39 is 5.67 Å². The standard InChI is InChI=1S/C10H22FN/c1-4-9(12)7-5-6-8-10(2,3)11/h9H,4-8,12H2,1-3H3. The molecule has 74 valence electrons. The van der Waals surface area contributed by atoms with Gasteiger partial charge in [-0.25, -0.2) is 4.39 Å². The Morgan fingerprint density at radius 3 is 2.33 bits per heavy atom. The molecule has 2 N–H and O–H groups in total. The summed E-state index contributed by atoms with van der Waals surface area (Å²) >= 11 is 0. The summed E-state index contributed by atoms with van der Waals surface area (Å²) in [6.45, 7) is 5.35. The van der Waals surface area contributed by atoms with Crippen molar-refractivity contribution in [2.75, 3.05) is 0 Å². The summed E-state index contributed by atoms with van der Waals surface area (Å²) in [5, 5.41) is 0. The molecule has 0 heterocycles. The molecule has 0 aromatic carbocycles. The first kappa shape index (κ1) is 11.9. The highest BCUT2D eigenvalue weighted by atomic mass is 19.1. The van der Waals surface area contributed by atoms with Crippen molar-refractivity contribution >= 4 is 0 Å². The lowest BCUT2D eigenvalue weighted by Gasteiger charge is -2.14. The maximum atomic E-state index is 13.0. The first-order chi connectivity index (χ1) is 5.45. The Kier molecular flexibility index (Phi) is 5.47. The molecule has 1 atom stereocenters. The average molecular weight is 175 g/mol. The van der Waals surface area contributed by atoms with Crippen LogP contribution in [-0.4, -0.2) is 11.7 Å². The van der Waals surface area contributed by atoms with Crippen molar-refractivity contribution in [1.29, 1.82) is 0 Å². The molecule has 1 nitrogen and oxygen atoms in total. The van der Waals surface area contributed by atoms with Crippen molar-refractivity contribution in [3.05, 3.63) is 0 Å². The van der Waals surface area contributed by atoms with Crippen LogP contribution in [0.15, 0.2) is 0 Å². The largest absolute Gasteiger partial charge is 0.328 e. The van der Waals surface area contributed by atoms with E-state index in [-0.39, 0.29) is 0 Å². The van der Waals surface area contributed by atoms with Gasteiger partial charge in [-0.05, 0) is 33.1 Å². The molecule has 0 saturated carbocycles. The zero-order valence-corrected chi connectivity index (χ0v) is 8.57. The van der Waals surface area contributed by atoms with E-state index in [0.717, 1.165) is 25.7 Å². The monoisotopic (exact) mass is 175 g/mol. The summed E-state index contributed by atoms with van der Waals surface area (Å²) in [4.78, 5) is 0. The van der Waals surface area contributed by atoms with Gasteiger partial charge >= 0.3 is 0 Å². The van der Waals surface area contributed by atoms with E-state index in [4.69, 9.17) is 5.73 Å². The highest BCUT2D eigenvalue weighted by Crippen LogP contribution is 2.18. The van der Waals surface area contributed by atoms with Gasteiger partial charge in [-0.1, -0.05) is 19.8 Å². The van der Waals surface area contributed by atoms with E-state index in [1.165, 1.54) is 0 Å². The molecule has 0 aliphatic heterocycles. The van der Waals surface area contributed by atoms with Crippen LogP contribution in [0.4, 0.5) is 4.39 Å². The molecule has 0 fully saturated rings. The average Bonchev–Trinajstić information content (AvgIpc) is 1.96. The minimum atomic E-state index is -1.00. The summed E-state index contributed by atoms with van der Waals surface area (Å²) in [5.41, 5.74) is 4.73. The summed E-state index contributed by atoms with van der Waals surface area (Å²) in [6.07, 6.45) is 4.73. The molecule has 0 rings (SSSR count). The van der Waals surface area contributed by atoms with Crippen molar-refractivity contribution in [3.63, 3.8) is 0 Å². The van der Waals surface area contributed by atoms with E-state index >= 15 is 0 Å². The number of nitrogens with two attached hydrogens (primary N) is 1. The third-order valence-corrected chi connectivity index (χ3v) is 2.12. The molecule has 12 heavy (non-hydrogen) atoms. The molecular weight excluding hydrogens is 153 g/mol. The smallest absolute Gasteiger partial charge is 0.105 e. The first-order valence-electron chi connectivity index (χ1n) is 4.90. The molecule has 0 aromatic heterocycles. The zero-order chi connectivity index (χ0) is 9.61. The van der Waals surface area contributed by atoms with Crippen LogP contribution in [0, 0.1) is 0 Å². The second-order valence-corrected chi connectivity index (χ2v) is 4.13. The second kappa shape index (κ2) is 5.52. The van der Waals surface area contributed by atoms with Gasteiger partial charge in [0.2, 0.25) is 0 Å². The van der Waals surface area contributed by atoms with Crippen LogP contribution in [0.3, 0.4) is 0 Å². The molecule has 2 heteroatoms. The highest BCUT2D eigenvalue weighted by Gasteiger charge is 2.14. The van der Waals surface area contributed by atoms with Gasteiger partial charge in [-0.15, -0.1) is 0 Å². The Labute approximate surface area is 75.5 Å². The maximum absolute atomic E-state index is 13.0. The summed E-state index contributed by atoms with van der Waals surface area (Å²) in [6, 6.07) is 0.313. The highest BCUT2D eigenvalue weighted by molar-refractivity contribution is 4.66. The predicted octanol–water partition coefficient (Wildman–Crippen LogP) is 3.03. The normalized spacial score (nSPS) is 14.8. The van der Waals surface area contributed by atoms with Gasteiger partial charge in [0.25, 0.3) is 0 Å². The number of hydrogen-bond acceptors (Lipinski definition) is 1. The van der Waals surface area contributed by atoms with E-state index in [1.54, 1.807) is 13.8 Å². The number of alkyl halides is 1. The van der Waals surface area contributed by atoms with Gasteiger partial charge in [-0.2, -0.15) is 0 Å². The van der Waals surface area contributed by atoms with Gasteiger partial charge < -0.3 is 5.73 Å². The Morgan fingerprint density at radius 2 is 1.92 bits per heavy atom. The van der Waals surface area contributed by atoms with Gasteiger partial charge in [0.15, 0.2) is 0 Å². The van der Waals surface area contributed by atoms with E-state index in [1.807, 2.05) is 0 Å². The lowest BCUT2D eigenvalue weighted by atomic mass is 10.0. The van der Waals surface area contributed by atoms with E-state index in [0.29, 0.717) is 12.5 Å². The fourth-order valence-electron chi connectivity index (χ4n) is 1.16. The number of halogens is 1. The Hall–Kier alpha value is -0.110. The van der Waals surface area contributed by atoms with Crippen LogP contribution in [0.2, 0.25) is 0 Å². The number of hydrogen-bond donors (Lipinski definition) is 1. The SMILES string of the molecule is CCC(N)CCCCC(C)(C)F. The topological polar surface area (TPSA) is 26.0 Å². The molecule has 0 saturated heterocycles. The number of rotatable bonds is 6. The molecule has 0 spiro atoms. The number of unbranched alkanes of at least 4 members (excludes halogenated alkanes) is 1. The van der Waals surface area contributed by atoms with Crippen LogP contribution >= 0.6 is 0 Å². The molecule has 0 amide bonds. The molecule has 0 aromatic rings. The molecular formula is C10H22FN. The molecule has 0 aliphatic rings.